The molecule has 0 saturated heterocycles. The van der Waals surface area contributed by atoms with Crippen LogP contribution in [0.1, 0.15) is 26.5 Å². The topological polar surface area (TPSA) is 92.2 Å². The van der Waals surface area contributed by atoms with Crippen LogP contribution in [0.5, 0.6) is 0 Å². The lowest BCUT2D eigenvalue weighted by Crippen LogP contribution is -2.14. The molecular weight excluding hydrogens is 246 g/mol. The molecule has 0 radical (unpaired) electrons. The normalized spacial score (nSPS) is 9.95. The zero-order valence-corrected chi connectivity index (χ0v) is 10.1. The number of nitrogens with one attached hydrogen (secondary N) is 1. The Morgan fingerprint density at radius 2 is 2.00 bits per heavy atom. The summed E-state index contributed by atoms with van der Waals surface area (Å²) in [6.07, 6.45) is 2.86. The number of hydrogen-bond donors (Lipinski definition) is 2. The Morgan fingerprint density at radius 3 is 2.63 bits per heavy atom. The fraction of sp³-hybridized carbons (Fsp3) is 0.0769. The van der Waals surface area contributed by atoms with Crippen LogP contribution < -0.4 is 5.32 Å². The monoisotopic (exact) mass is 257 g/mol. The van der Waals surface area contributed by atoms with Crippen LogP contribution >= 0.6 is 0 Å². The summed E-state index contributed by atoms with van der Waals surface area (Å²) in [5.74, 6) is -1.48. The maximum atomic E-state index is 11.8. The standard InChI is InChI=1S/C13H11N3O3/c1-8-6-15-11(7-14-8)12(17)16-10-4-2-3-9(5-10)13(18)19/h2-7H,1H3,(H,16,17)(H,18,19). The van der Waals surface area contributed by atoms with E-state index in [-0.39, 0.29) is 11.3 Å². The number of carboxylic acids is 1. The molecule has 0 aliphatic carbocycles. The second-order valence-electron chi connectivity index (χ2n) is 3.88. The number of nitrogens with zero attached hydrogens (tertiary/aromatic N) is 2. The molecule has 2 N–H and O–H groups in total. The lowest BCUT2D eigenvalue weighted by atomic mass is 10.2. The molecule has 1 amide bonds. The van der Waals surface area contributed by atoms with Gasteiger partial charge < -0.3 is 10.4 Å². The number of aromatic carboxylic acids is 1. The third-order valence-corrected chi connectivity index (χ3v) is 2.38. The molecule has 6 heteroatoms. The van der Waals surface area contributed by atoms with Gasteiger partial charge in [-0.05, 0) is 25.1 Å². The van der Waals surface area contributed by atoms with Crippen molar-refractivity contribution in [2.75, 3.05) is 5.32 Å². The molecule has 0 aliphatic rings. The number of amides is 1. The summed E-state index contributed by atoms with van der Waals surface area (Å²) in [7, 11) is 0. The molecule has 1 aromatic carbocycles. The van der Waals surface area contributed by atoms with Crippen LogP contribution in [0.25, 0.3) is 0 Å². The highest BCUT2D eigenvalue weighted by Crippen LogP contribution is 2.11. The average Bonchev–Trinajstić information content (AvgIpc) is 2.39. The molecule has 1 heterocycles. The number of hydrogen-bond acceptors (Lipinski definition) is 4. The molecule has 0 fully saturated rings. The van der Waals surface area contributed by atoms with E-state index >= 15 is 0 Å². The number of carbonyl (C=O) groups is 2. The van der Waals surface area contributed by atoms with Crippen molar-refractivity contribution >= 4 is 17.6 Å². The number of carbonyl (C=O) groups excluding carboxylic acids is 1. The van der Waals surface area contributed by atoms with Gasteiger partial charge in [0.15, 0.2) is 0 Å². The van der Waals surface area contributed by atoms with Gasteiger partial charge in [0, 0.05) is 11.9 Å². The molecule has 96 valence electrons. The van der Waals surface area contributed by atoms with Gasteiger partial charge in [0.05, 0.1) is 17.5 Å². The third-order valence-electron chi connectivity index (χ3n) is 2.38. The largest absolute Gasteiger partial charge is 0.478 e. The van der Waals surface area contributed by atoms with Crippen molar-refractivity contribution in [1.29, 1.82) is 0 Å². The van der Waals surface area contributed by atoms with Crippen LogP contribution in [0.2, 0.25) is 0 Å². The molecule has 2 rings (SSSR count). The molecule has 0 bridgehead atoms. The van der Waals surface area contributed by atoms with E-state index in [1.807, 2.05) is 0 Å². The van der Waals surface area contributed by atoms with Gasteiger partial charge >= 0.3 is 5.97 Å². The molecule has 1 aromatic heterocycles. The van der Waals surface area contributed by atoms with E-state index < -0.39 is 11.9 Å². The summed E-state index contributed by atoms with van der Waals surface area (Å²) in [6, 6.07) is 5.98. The molecule has 0 unspecified atom stereocenters. The summed E-state index contributed by atoms with van der Waals surface area (Å²) in [5.41, 5.74) is 1.39. The number of benzene rings is 1. The van der Waals surface area contributed by atoms with Crippen LogP contribution in [-0.4, -0.2) is 27.0 Å². The van der Waals surface area contributed by atoms with Crippen LogP contribution in [0.15, 0.2) is 36.7 Å². The molecular formula is C13H11N3O3. The van der Waals surface area contributed by atoms with Gasteiger partial charge in [-0.25, -0.2) is 9.78 Å². The van der Waals surface area contributed by atoms with E-state index in [2.05, 4.69) is 15.3 Å². The van der Waals surface area contributed by atoms with Crippen molar-refractivity contribution in [3.8, 4) is 0 Å². The Morgan fingerprint density at radius 1 is 1.21 bits per heavy atom. The summed E-state index contributed by atoms with van der Waals surface area (Å²) >= 11 is 0. The van der Waals surface area contributed by atoms with Crippen LogP contribution in [-0.2, 0) is 0 Å². The molecule has 0 aliphatic heterocycles. The van der Waals surface area contributed by atoms with Crippen LogP contribution in [0.4, 0.5) is 5.69 Å². The van der Waals surface area contributed by atoms with E-state index in [9.17, 15) is 9.59 Å². The third kappa shape index (κ3) is 3.12. The fourth-order valence-electron chi connectivity index (χ4n) is 1.43. The van der Waals surface area contributed by atoms with Crippen molar-refractivity contribution in [1.82, 2.24) is 9.97 Å². The van der Waals surface area contributed by atoms with Crippen LogP contribution in [0, 0.1) is 6.92 Å². The lowest BCUT2D eigenvalue weighted by Gasteiger charge is -2.05. The Labute approximate surface area is 109 Å². The van der Waals surface area contributed by atoms with Gasteiger partial charge in [-0.15, -0.1) is 0 Å². The van der Waals surface area contributed by atoms with Crippen molar-refractivity contribution in [3.63, 3.8) is 0 Å². The predicted molar refractivity (Wildman–Crippen MR) is 68.1 cm³/mol. The van der Waals surface area contributed by atoms with Crippen molar-refractivity contribution < 1.29 is 14.7 Å². The highest BCUT2D eigenvalue weighted by atomic mass is 16.4. The first-order valence-corrected chi connectivity index (χ1v) is 5.49. The Kier molecular flexibility index (Phi) is 3.51. The van der Waals surface area contributed by atoms with E-state index in [1.54, 1.807) is 19.1 Å². The predicted octanol–water partition coefficient (Wildman–Crippen LogP) is 1.74. The number of rotatable bonds is 3. The zero-order chi connectivity index (χ0) is 13.8. The van der Waals surface area contributed by atoms with E-state index in [0.29, 0.717) is 11.4 Å². The Balaban J connectivity index is 2.17. The summed E-state index contributed by atoms with van der Waals surface area (Å²) in [4.78, 5) is 30.6. The van der Waals surface area contributed by atoms with Gasteiger partial charge in [0.2, 0.25) is 0 Å². The minimum atomic E-state index is -1.05. The first-order valence-electron chi connectivity index (χ1n) is 5.49. The van der Waals surface area contributed by atoms with Gasteiger partial charge in [-0.2, -0.15) is 0 Å². The van der Waals surface area contributed by atoms with Crippen LogP contribution in [0.3, 0.4) is 0 Å². The van der Waals surface area contributed by atoms with Gasteiger partial charge in [0.1, 0.15) is 5.69 Å². The van der Waals surface area contributed by atoms with Gasteiger partial charge in [-0.3, -0.25) is 9.78 Å². The second-order valence-corrected chi connectivity index (χ2v) is 3.88. The van der Waals surface area contributed by atoms with E-state index in [4.69, 9.17) is 5.11 Å². The maximum Gasteiger partial charge on any atom is 0.335 e. The van der Waals surface area contributed by atoms with Crippen molar-refractivity contribution in [2.45, 2.75) is 6.92 Å². The lowest BCUT2D eigenvalue weighted by molar-refractivity contribution is 0.0696. The molecule has 0 saturated carbocycles. The summed E-state index contributed by atoms with van der Waals surface area (Å²) < 4.78 is 0. The summed E-state index contributed by atoms with van der Waals surface area (Å²) in [5, 5.41) is 11.4. The molecule has 19 heavy (non-hydrogen) atoms. The first kappa shape index (κ1) is 12.7. The maximum absolute atomic E-state index is 11.8. The average molecular weight is 257 g/mol. The Hall–Kier alpha value is -2.76. The quantitative estimate of drug-likeness (QED) is 0.873. The fourth-order valence-corrected chi connectivity index (χ4v) is 1.43. The molecule has 2 aromatic rings. The smallest absolute Gasteiger partial charge is 0.335 e. The first-order chi connectivity index (χ1) is 9.06. The van der Waals surface area contributed by atoms with Crippen molar-refractivity contribution in [3.05, 3.63) is 53.6 Å². The summed E-state index contributed by atoms with van der Waals surface area (Å²) in [6.45, 7) is 1.77. The number of carboxylic acid groups (broad SMARTS) is 1. The van der Waals surface area contributed by atoms with E-state index in [1.165, 1.54) is 24.5 Å². The van der Waals surface area contributed by atoms with E-state index in [0.717, 1.165) is 0 Å². The second kappa shape index (κ2) is 5.26. The minimum Gasteiger partial charge on any atom is -0.478 e. The van der Waals surface area contributed by atoms with Gasteiger partial charge in [-0.1, -0.05) is 6.07 Å². The highest BCUT2D eigenvalue weighted by Gasteiger charge is 2.09. The van der Waals surface area contributed by atoms with Crippen molar-refractivity contribution in [2.24, 2.45) is 0 Å². The zero-order valence-electron chi connectivity index (χ0n) is 10.1. The molecule has 0 spiro atoms. The minimum absolute atomic E-state index is 0.104. The number of aryl methyl sites for hydroxylation is 1. The Bertz CT molecular complexity index is 623. The SMILES string of the molecule is Cc1cnc(C(=O)Nc2cccc(C(=O)O)c2)cn1. The van der Waals surface area contributed by atoms with Gasteiger partial charge in [0.25, 0.3) is 5.91 Å². The molecule has 6 nitrogen and oxygen atoms in total. The highest BCUT2D eigenvalue weighted by molar-refractivity contribution is 6.03. The number of anilines is 1. The number of aromatic nitrogens is 2. The molecule has 0 atom stereocenters.